The highest BCUT2D eigenvalue weighted by Crippen LogP contribution is 2.31. The second-order valence-corrected chi connectivity index (χ2v) is 9.08. The fraction of sp³-hybridized carbons (Fsp3) is 0.333. The topological polar surface area (TPSA) is 104 Å². The van der Waals surface area contributed by atoms with Crippen LogP contribution in [0, 0.1) is 0 Å². The van der Waals surface area contributed by atoms with E-state index in [4.69, 9.17) is 10.5 Å². The molecule has 2 heterocycles. The third kappa shape index (κ3) is 5.64. The van der Waals surface area contributed by atoms with Crippen molar-refractivity contribution in [3.8, 4) is 5.75 Å². The smallest absolute Gasteiger partial charge is 0.235 e. The van der Waals surface area contributed by atoms with Gasteiger partial charge < -0.3 is 25.8 Å². The Morgan fingerprint density at radius 2 is 1.88 bits per heavy atom. The SMILES string of the molecule is CC(F)Oc1cccc(C(=O)c2sc(Nc3ccc(N4CCN(C(C)O)CC4)cc3)nc2N)c1. The highest BCUT2D eigenvalue weighted by atomic mass is 32.1. The van der Waals surface area contributed by atoms with Crippen LogP contribution in [-0.4, -0.2) is 59.5 Å². The zero-order valence-electron chi connectivity index (χ0n) is 19.1. The van der Waals surface area contributed by atoms with Gasteiger partial charge in [0.15, 0.2) is 5.13 Å². The van der Waals surface area contributed by atoms with Crippen LogP contribution in [-0.2, 0) is 0 Å². The molecule has 1 aliphatic heterocycles. The lowest BCUT2D eigenvalue weighted by Gasteiger charge is -2.37. The first-order valence-corrected chi connectivity index (χ1v) is 11.9. The number of nitrogens with zero attached hydrogens (tertiary/aromatic N) is 3. The first-order chi connectivity index (χ1) is 16.3. The number of aliphatic hydroxyl groups is 1. The van der Waals surface area contributed by atoms with Crippen LogP contribution in [0.25, 0.3) is 0 Å². The summed E-state index contributed by atoms with van der Waals surface area (Å²) in [5.41, 5.74) is 8.30. The average Bonchev–Trinajstić information content (AvgIpc) is 3.18. The van der Waals surface area contributed by atoms with E-state index in [9.17, 15) is 14.3 Å². The summed E-state index contributed by atoms with van der Waals surface area (Å²) >= 11 is 1.16. The number of ether oxygens (including phenoxy) is 1. The third-order valence-corrected chi connectivity index (χ3v) is 6.57. The summed E-state index contributed by atoms with van der Waals surface area (Å²) < 4.78 is 18.2. The first kappa shape index (κ1) is 23.9. The van der Waals surface area contributed by atoms with Gasteiger partial charge in [-0.05, 0) is 43.3 Å². The van der Waals surface area contributed by atoms with Crippen LogP contribution in [0.3, 0.4) is 0 Å². The first-order valence-electron chi connectivity index (χ1n) is 11.1. The van der Waals surface area contributed by atoms with Crippen molar-refractivity contribution in [3.05, 3.63) is 59.0 Å². The molecule has 34 heavy (non-hydrogen) atoms. The molecule has 0 saturated carbocycles. The number of nitrogens with two attached hydrogens (primary N) is 1. The highest BCUT2D eigenvalue weighted by Gasteiger charge is 2.21. The molecule has 0 bridgehead atoms. The normalized spacial score (nSPS) is 16.2. The van der Waals surface area contributed by atoms with Gasteiger partial charge in [-0.15, -0.1) is 0 Å². The molecule has 2 aromatic carbocycles. The van der Waals surface area contributed by atoms with E-state index in [1.54, 1.807) is 25.1 Å². The monoisotopic (exact) mass is 485 g/mol. The van der Waals surface area contributed by atoms with Gasteiger partial charge >= 0.3 is 0 Å². The van der Waals surface area contributed by atoms with Gasteiger partial charge in [-0.3, -0.25) is 9.69 Å². The lowest BCUT2D eigenvalue weighted by Crippen LogP contribution is -2.49. The zero-order chi connectivity index (χ0) is 24.2. The van der Waals surface area contributed by atoms with Crippen LogP contribution in [0.2, 0.25) is 0 Å². The van der Waals surface area contributed by atoms with E-state index >= 15 is 0 Å². The summed E-state index contributed by atoms with van der Waals surface area (Å²) in [5.74, 6) is 0.108. The van der Waals surface area contributed by atoms with Crippen LogP contribution in [0.1, 0.15) is 29.1 Å². The number of piperazine rings is 1. The summed E-state index contributed by atoms with van der Waals surface area (Å²) in [6.07, 6.45) is -1.90. The van der Waals surface area contributed by atoms with E-state index in [-0.39, 0.29) is 17.4 Å². The number of hydrogen-bond donors (Lipinski definition) is 3. The fourth-order valence-corrected chi connectivity index (χ4v) is 4.68. The molecule has 0 amide bonds. The maximum atomic E-state index is 13.1. The number of rotatable bonds is 8. The number of carbonyl (C=O) groups is 1. The average molecular weight is 486 g/mol. The van der Waals surface area contributed by atoms with Gasteiger partial charge in [-0.2, -0.15) is 0 Å². The number of benzene rings is 2. The molecule has 180 valence electrons. The molecule has 8 nitrogen and oxygen atoms in total. The Bertz CT molecular complexity index is 1130. The Balaban J connectivity index is 1.41. The minimum absolute atomic E-state index is 0.135. The van der Waals surface area contributed by atoms with E-state index < -0.39 is 12.6 Å². The van der Waals surface area contributed by atoms with Gasteiger partial charge in [0.2, 0.25) is 12.1 Å². The van der Waals surface area contributed by atoms with E-state index in [1.807, 2.05) is 29.2 Å². The zero-order valence-corrected chi connectivity index (χ0v) is 19.9. The molecular weight excluding hydrogens is 457 g/mol. The summed E-state index contributed by atoms with van der Waals surface area (Å²) in [5, 5.41) is 13.4. The van der Waals surface area contributed by atoms with Gasteiger partial charge in [-0.25, -0.2) is 9.37 Å². The molecule has 2 unspecified atom stereocenters. The molecule has 0 radical (unpaired) electrons. The minimum Gasteiger partial charge on any atom is -0.461 e. The Kier molecular flexibility index (Phi) is 7.30. The molecule has 4 N–H and O–H groups in total. The Labute approximate surface area is 201 Å². The van der Waals surface area contributed by atoms with Crippen molar-refractivity contribution >= 4 is 39.4 Å². The Morgan fingerprint density at radius 3 is 2.53 bits per heavy atom. The number of aromatic nitrogens is 1. The van der Waals surface area contributed by atoms with Crippen LogP contribution in [0.15, 0.2) is 48.5 Å². The van der Waals surface area contributed by atoms with E-state index in [0.717, 1.165) is 48.9 Å². The predicted octanol–water partition coefficient (Wildman–Crippen LogP) is 3.85. The molecule has 2 atom stereocenters. The summed E-state index contributed by atoms with van der Waals surface area (Å²) in [6.45, 7) is 6.39. The maximum absolute atomic E-state index is 13.1. The maximum Gasteiger partial charge on any atom is 0.235 e. The molecule has 1 saturated heterocycles. The second kappa shape index (κ2) is 10.4. The van der Waals surface area contributed by atoms with Crippen molar-refractivity contribution in [3.63, 3.8) is 0 Å². The molecule has 0 spiro atoms. The van der Waals surface area contributed by atoms with Crippen molar-refractivity contribution < 1.29 is 19.0 Å². The molecule has 1 fully saturated rings. The molecule has 1 aliphatic rings. The summed E-state index contributed by atoms with van der Waals surface area (Å²) in [7, 11) is 0. The van der Waals surface area contributed by atoms with Crippen molar-refractivity contribution in [2.24, 2.45) is 0 Å². The van der Waals surface area contributed by atoms with Crippen LogP contribution < -0.4 is 20.7 Å². The fourth-order valence-electron chi connectivity index (χ4n) is 3.81. The third-order valence-electron chi connectivity index (χ3n) is 5.58. The molecule has 3 aromatic rings. The Hall–Kier alpha value is -3.21. The predicted molar refractivity (Wildman–Crippen MR) is 133 cm³/mol. The van der Waals surface area contributed by atoms with Crippen molar-refractivity contribution in [1.29, 1.82) is 0 Å². The molecule has 1 aromatic heterocycles. The quantitative estimate of drug-likeness (QED) is 0.414. The number of carbonyl (C=O) groups excluding carboxylic acids is 1. The van der Waals surface area contributed by atoms with Crippen LogP contribution in [0.4, 0.5) is 26.7 Å². The van der Waals surface area contributed by atoms with Gasteiger partial charge in [0.25, 0.3) is 0 Å². The number of alkyl halides is 1. The minimum atomic E-state index is -1.48. The second-order valence-electron chi connectivity index (χ2n) is 8.08. The van der Waals surface area contributed by atoms with Gasteiger partial charge in [-0.1, -0.05) is 23.5 Å². The number of anilines is 4. The highest BCUT2D eigenvalue weighted by molar-refractivity contribution is 7.18. The Morgan fingerprint density at radius 1 is 1.18 bits per heavy atom. The number of thiazole rings is 1. The number of aliphatic hydroxyl groups excluding tert-OH is 1. The lowest BCUT2D eigenvalue weighted by atomic mass is 10.1. The van der Waals surface area contributed by atoms with Crippen molar-refractivity contribution in [2.45, 2.75) is 26.4 Å². The van der Waals surface area contributed by atoms with Gasteiger partial charge in [0, 0.05) is 50.0 Å². The van der Waals surface area contributed by atoms with Crippen LogP contribution >= 0.6 is 11.3 Å². The molecular formula is C24H28FN5O3S. The lowest BCUT2D eigenvalue weighted by molar-refractivity contribution is 0.0153. The van der Waals surface area contributed by atoms with Gasteiger partial charge in [0.1, 0.15) is 22.7 Å². The molecule has 0 aliphatic carbocycles. The van der Waals surface area contributed by atoms with Crippen molar-refractivity contribution in [1.82, 2.24) is 9.88 Å². The van der Waals surface area contributed by atoms with E-state index in [0.29, 0.717) is 15.6 Å². The number of nitrogens with one attached hydrogen (secondary N) is 1. The van der Waals surface area contributed by atoms with E-state index in [1.165, 1.54) is 13.0 Å². The van der Waals surface area contributed by atoms with Crippen LogP contribution in [0.5, 0.6) is 5.75 Å². The number of halogens is 1. The molecule has 10 heteroatoms. The summed E-state index contributed by atoms with van der Waals surface area (Å²) in [4.78, 5) is 21.9. The number of ketones is 1. The van der Waals surface area contributed by atoms with E-state index in [2.05, 4.69) is 15.2 Å². The van der Waals surface area contributed by atoms with Crippen molar-refractivity contribution in [2.75, 3.05) is 42.1 Å². The number of hydrogen-bond acceptors (Lipinski definition) is 9. The molecule has 4 rings (SSSR count). The number of nitrogen functional groups attached to an aromatic ring is 1. The van der Waals surface area contributed by atoms with Gasteiger partial charge in [0.05, 0.1) is 0 Å². The summed E-state index contributed by atoms with van der Waals surface area (Å²) in [6, 6.07) is 14.3. The largest absolute Gasteiger partial charge is 0.461 e. The standard InChI is InChI=1S/C24H28FN5O3S/c1-15(25)33-20-5-3-4-17(14-20)21(32)22-23(26)28-24(34-22)27-18-6-8-19(9-7-18)30-12-10-29(11-13-30)16(2)31/h3-9,14-16,31H,10-13,26H2,1-2H3,(H,27,28).